The molecule has 0 aliphatic heterocycles. The van der Waals surface area contributed by atoms with Crippen molar-refractivity contribution in [1.29, 1.82) is 0 Å². The van der Waals surface area contributed by atoms with E-state index in [0.717, 1.165) is 22.9 Å². The zero-order chi connectivity index (χ0) is 15.3. The van der Waals surface area contributed by atoms with E-state index >= 15 is 0 Å². The Kier molecular flexibility index (Phi) is 5.64. The molecule has 7 heteroatoms. The molecule has 1 rings (SSSR count). The number of carbonyl (C=O) groups excluding carboxylic acids is 1. The number of nitrogens with zero attached hydrogens (tertiary/aromatic N) is 1. The van der Waals surface area contributed by atoms with Gasteiger partial charge in [-0.2, -0.15) is 4.31 Å². The molecule has 0 aliphatic rings. The lowest BCUT2D eigenvalue weighted by atomic mass is 10.2. The Morgan fingerprint density at radius 3 is 2.40 bits per heavy atom. The normalized spacial score (nSPS) is 13.2. The Morgan fingerprint density at radius 2 is 1.90 bits per heavy atom. The topological polar surface area (TPSA) is 66.5 Å². The summed E-state index contributed by atoms with van der Waals surface area (Å²) >= 11 is 0. The first kappa shape index (κ1) is 16.6. The van der Waals surface area contributed by atoms with Gasteiger partial charge in [0.05, 0.1) is 11.4 Å². The molecule has 1 N–H and O–H groups in total. The fraction of sp³-hybridized carbons (Fsp3) is 0.462. The van der Waals surface area contributed by atoms with Crippen LogP contribution in [0.4, 0.5) is 4.39 Å². The Labute approximate surface area is 118 Å². The molecule has 0 spiro atoms. The summed E-state index contributed by atoms with van der Waals surface area (Å²) in [5, 5.41) is 2.69. The predicted octanol–water partition coefficient (Wildman–Crippen LogP) is 1.36. The van der Waals surface area contributed by atoms with Gasteiger partial charge in [0.2, 0.25) is 15.9 Å². The van der Waals surface area contributed by atoms with Gasteiger partial charge in [-0.15, -0.1) is 0 Å². The summed E-state index contributed by atoms with van der Waals surface area (Å²) in [6.45, 7) is 3.49. The van der Waals surface area contributed by atoms with Gasteiger partial charge >= 0.3 is 0 Å². The van der Waals surface area contributed by atoms with Gasteiger partial charge < -0.3 is 5.32 Å². The van der Waals surface area contributed by atoms with E-state index in [1.165, 1.54) is 19.2 Å². The highest BCUT2D eigenvalue weighted by molar-refractivity contribution is 7.89. The summed E-state index contributed by atoms with van der Waals surface area (Å²) in [7, 11) is -2.47. The average Bonchev–Trinajstić information content (AvgIpc) is 2.38. The molecule has 0 radical (unpaired) electrons. The van der Waals surface area contributed by atoms with Crippen LogP contribution in [-0.2, 0) is 14.8 Å². The third kappa shape index (κ3) is 4.28. The fourth-order valence-electron chi connectivity index (χ4n) is 1.50. The molecule has 1 aromatic carbocycles. The monoisotopic (exact) mass is 302 g/mol. The number of rotatable bonds is 6. The molecule has 0 aromatic heterocycles. The van der Waals surface area contributed by atoms with Crippen LogP contribution in [0.1, 0.15) is 20.3 Å². The van der Waals surface area contributed by atoms with Crippen LogP contribution in [0.5, 0.6) is 0 Å². The largest absolute Gasteiger partial charge is 0.353 e. The van der Waals surface area contributed by atoms with Crippen molar-refractivity contribution in [2.24, 2.45) is 0 Å². The van der Waals surface area contributed by atoms with Gasteiger partial charge in [0.25, 0.3) is 0 Å². The van der Waals surface area contributed by atoms with Crippen molar-refractivity contribution in [2.75, 3.05) is 13.6 Å². The lowest BCUT2D eigenvalue weighted by Gasteiger charge is -2.18. The number of hydrogen-bond acceptors (Lipinski definition) is 3. The summed E-state index contributed by atoms with van der Waals surface area (Å²) in [5.41, 5.74) is 0. The van der Waals surface area contributed by atoms with Crippen molar-refractivity contribution < 1.29 is 17.6 Å². The van der Waals surface area contributed by atoms with E-state index in [1.54, 1.807) is 0 Å². The van der Waals surface area contributed by atoms with E-state index in [2.05, 4.69) is 5.32 Å². The zero-order valence-corrected chi connectivity index (χ0v) is 12.6. The second-order valence-electron chi connectivity index (χ2n) is 4.59. The number of nitrogens with one attached hydrogen (secondary N) is 1. The number of amides is 1. The average molecular weight is 302 g/mol. The molecule has 0 aliphatic carbocycles. The fourth-order valence-corrected chi connectivity index (χ4v) is 2.62. The maximum absolute atomic E-state index is 12.8. The van der Waals surface area contributed by atoms with E-state index in [4.69, 9.17) is 0 Å². The van der Waals surface area contributed by atoms with Crippen molar-refractivity contribution in [1.82, 2.24) is 9.62 Å². The quantitative estimate of drug-likeness (QED) is 0.863. The molecule has 0 bridgehead atoms. The van der Waals surface area contributed by atoms with Crippen LogP contribution in [0, 0.1) is 5.82 Å². The highest BCUT2D eigenvalue weighted by Gasteiger charge is 2.23. The molecule has 1 atom stereocenters. The number of benzene rings is 1. The van der Waals surface area contributed by atoms with Crippen LogP contribution in [0.3, 0.4) is 0 Å². The number of halogens is 1. The molecule has 0 saturated heterocycles. The Bertz CT molecular complexity index is 557. The van der Waals surface area contributed by atoms with Crippen molar-refractivity contribution >= 4 is 15.9 Å². The summed E-state index contributed by atoms with van der Waals surface area (Å²) in [6, 6.07) is 4.48. The molecule has 0 heterocycles. The number of hydrogen-bond donors (Lipinski definition) is 1. The zero-order valence-electron chi connectivity index (χ0n) is 11.8. The smallest absolute Gasteiger partial charge is 0.243 e. The van der Waals surface area contributed by atoms with Gasteiger partial charge in [-0.3, -0.25) is 4.79 Å². The molecule has 0 fully saturated rings. The molecule has 1 aromatic rings. The third-order valence-corrected chi connectivity index (χ3v) is 4.73. The minimum absolute atomic E-state index is 0.00979. The highest BCUT2D eigenvalue weighted by Crippen LogP contribution is 2.14. The van der Waals surface area contributed by atoms with Crippen LogP contribution in [-0.4, -0.2) is 38.3 Å². The molecule has 20 heavy (non-hydrogen) atoms. The lowest BCUT2D eigenvalue weighted by molar-refractivity contribution is -0.121. The van der Waals surface area contributed by atoms with Crippen molar-refractivity contribution in [3.63, 3.8) is 0 Å². The first-order valence-electron chi connectivity index (χ1n) is 6.28. The van der Waals surface area contributed by atoms with Gasteiger partial charge in [0.1, 0.15) is 5.82 Å². The third-order valence-electron chi connectivity index (χ3n) is 2.91. The van der Waals surface area contributed by atoms with Crippen molar-refractivity contribution in [2.45, 2.75) is 31.2 Å². The van der Waals surface area contributed by atoms with Crippen molar-refractivity contribution in [3.05, 3.63) is 30.1 Å². The van der Waals surface area contributed by atoms with E-state index < -0.39 is 15.8 Å². The molecule has 0 unspecified atom stereocenters. The van der Waals surface area contributed by atoms with Gasteiger partial charge in [0, 0.05) is 13.1 Å². The van der Waals surface area contributed by atoms with Crippen LogP contribution in [0.15, 0.2) is 29.2 Å². The summed E-state index contributed by atoms with van der Waals surface area (Å²) in [6.07, 6.45) is 0.764. The van der Waals surface area contributed by atoms with E-state index in [1.807, 2.05) is 13.8 Å². The van der Waals surface area contributed by atoms with E-state index in [9.17, 15) is 17.6 Å². The van der Waals surface area contributed by atoms with Crippen LogP contribution in [0.2, 0.25) is 0 Å². The Hall–Kier alpha value is -1.47. The predicted molar refractivity (Wildman–Crippen MR) is 74.1 cm³/mol. The van der Waals surface area contributed by atoms with Crippen molar-refractivity contribution in [3.8, 4) is 0 Å². The first-order chi connectivity index (χ1) is 9.27. The first-order valence-corrected chi connectivity index (χ1v) is 7.72. The molecular formula is C13H19FN2O3S. The van der Waals surface area contributed by atoms with Gasteiger partial charge in [0.15, 0.2) is 0 Å². The molecule has 112 valence electrons. The van der Waals surface area contributed by atoms with Crippen LogP contribution >= 0.6 is 0 Å². The SMILES string of the molecule is CC[C@H](C)NC(=O)CN(C)S(=O)(=O)c1ccc(F)cc1. The minimum atomic E-state index is -3.79. The maximum Gasteiger partial charge on any atom is 0.243 e. The van der Waals surface area contributed by atoms with Gasteiger partial charge in [-0.1, -0.05) is 6.92 Å². The highest BCUT2D eigenvalue weighted by atomic mass is 32.2. The molecule has 1 amide bonds. The van der Waals surface area contributed by atoms with Crippen LogP contribution in [0.25, 0.3) is 0 Å². The molecule has 5 nitrogen and oxygen atoms in total. The summed E-state index contributed by atoms with van der Waals surface area (Å²) < 4.78 is 38.1. The van der Waals surface area contributed by atoms with Gasteiger partial charge in [-0.05, 0) is 37.6 Å². The van der Waals surface area contributed by atoms with Gasteiger partial charge in [-0.25, -0.2) is 12.8 Å². The van der Waals surface area contributed by atoms with Crippen LogP contribution < -0.4 is 5.32 Å². The standard InChI is InChI=1S/C13H19FN2O3S/c1-4-10(2)15-13(17)9-16(3)20(18,19)12-7-5-11(14)6-8-12/h5-8,10H,4,9H2,1-3H3,(H,15,17)/t10-/m0/s1. The minimum Gasteiger partial charge on any atom is -0.353 e. The second-order valence-corrected chi connectivity index (χ2v) is 6.64. The molecule has 0 saturated carbocycles. The maximum atomic E-state index is 12.8. The number of likely N-dealkylation sites (N-methyl/N-ethyl adjacent to an activating group) is 1. The number of sulfonamides is 1. The van der Waals surface area contributed by atoms with E-state index in [0.29, 0.717) is 0 Å². The van der Waals surface area contributed by atoms with E-state index in [-0.39, 0.29) is 23.4 Å². The molecular weight excluding hydrogens is 283 g/mol. The number of carbonyl (C=O) groups is 1. The second kappa shape index (κ2) is 6.81. The lowest BCUT2D eigenvalue weighted by Crippen LogP contribution is -2.41. The summed E-state index contributed by atoms with van der Waals surface area (Å²) in [5.74, 6) is -0.881. The Balaban J connectivity index is 2.77. The summed E-state index contributed by atoms with van der Waals surface area (Å²) in [4.78, 5) is 11.6. The Morgan fingerprint density at radius 1 is 1.35 bits per heavy atom.